The average molecular weight is 385 g/mol. The van der Waals surface area contributed by atoms with E-state index in [1.807, 2.05) is 48.5 Å². The highest BCUT2D eigenvalue weighted by atomic mass is 16.5. The second-order valence-corrected chi connectivity index (χ2v) is 6.80. The summed E-state index contributed by atoms with van der Waals surface area (Å²) < 4.78 is 12.9. The van der Waals surface area contributed by atoms with E-state index in [1.54, 1.807) is 26.4 Å². The molecule has 146 valence electrons. The third-order valence-corrected chi connectivity index (χ3v) is 5.22. The number of methoxy groups -OCH3 is 2. The zero-order chi connectivity index (χ0) is 20.4. The van der Waals surface area contributed by atoms with E-state index in [1.165, 1.54) is 5.52 Å². The van der Waals surface area contributed by atoms with Crippen molar-refractivity contribution in [1.82, 2.24) is 4.57 Å². The Bertz CT molecular complexity index is 1230. The first-order valence-corrected chi connectivity index (χ1v) is 9.61. The molecule has 4 rings (SSSR count). The Hall–Kier alpha value is -3.53. The number of fused-ring (bicyclic) bond motifs is 3. The fourth-order valence-corrected chi connectivity index (χ4v) is 3.78. The van der Waals surface area contributed by atoms with Gasteiger partial charge in [-0.15, -0.1) is 0 Å². The van der Waals surface area contributed by atoms with Crippen LogP contribution in [0.15, 0.2) is 66.7 Å². The molecule has 0 aliphatic heterocycles. The zero-order valence-corrected chi connectivity index (χ0v) is 16.8. The van der Waals surface area contributed by atoms with Crippen LogP contribution in [0.2, 0.25) is 0 Å². The molecule has 3 aromatic carbocycles. The maximum Gasteiger partial charge on any atom is 0.185 e. The summed E-state index contributed by atoms with van der Waals surface area (Å²) in [7, 11) is 3.22. The van der Waals surface area contributed by atoms with Crippen LogP contribution in [0.4, 0.5) is 0 Å². The first-order valence-electron chi connectivity index (χ1n) is 9.61. The lowest BCUT2D eigenvalue weighted by Gasteiger charge is -2.07. The van der Waals surface area contributed by atoms with Gasteiger partial charge in [-0.25, -0.2) is 0 Å². The second-order valence-electron chi connectivity index (χ2n) is 6.80. The first kappa shape index (κ1) is 18.8. The Balaban J connectivity index is 1.73. The summed E-state index contributed by atoms with van der Waals surface area (Å²) in [5, 5.41) is 2.26. The van der Waals surface area contributed by atoms with Crippen molar-refractivity contribution in [2.75, 3.05) is 14.2 Å². The summed E-state index contributed by atoms with van der Waals surface area (Å²) in [6.45, 7) is 3.02. The molecule has 0 radical (unpaired) electrons. The van der Waals surface area contributed by atoms with Gasteiger partial charge in [0.1, 0.15) is 11.5 Å². The number of aryl methyl sites for hydroxylation is 1. The average Bonchev–Trinajstić information content (AvgIpc) is 3.10. The van der Waals surface area contributed by atoms with Gasteiger partial charge in [-0.3, -0.25) is 4.79 Å². The Labute approximate surface area is 170 Å². The van der Waals surface area contributed by atoms with Gasteiger partial charge in [0.2, 0.25) is 0 Å². The van der Waals surface area contributed by atoms with Crippen molar-refractivity contribution >= 4 is 33.7 Å². The molecule has 0 aliphatic rings. The summed E-state index contributed by atoms with van der Waals surface area (Å²) in [5.74, 6) is 1.35. The lowest BCUT2D eigenvalue weighted by Crippen LogP contribution is -1.96. The minimum atomic E-state index is -0.0508. The molecular weight excluding hydrogens is 362 g/mol. The number of aromatic nitrogens is 1. The number of carbonyl (C=O) groups excluding carboxylic acids is 1. The lowest BCUT2D eigenvalue weighted by molar-refractivity contribution is 0.104. The molecule has 0 atom stereocenters. The summed E-state index contributed by atoms with van der Waals surface area (Å²) in [5.41, 5.74) is 3.79. The number of nitrogens with zero attached hydrogens (tertiary/aromatic N) is 1. The number of carbonyl (C=O) groups is 1. The van der Waals surface area contributed by atoms with Crippen LogP contribution in [0, 0.1) is 0 Å². The first-order chi connectivity index (χ1) is 14.2. The van der Waals surface area contributed by atoms with Crippen molar-refractivity contribution in [1.29, 1.82) is 0 Å². The monoisotopic (exact) mass is 385 g/mol. The van der Waals surface area contributed by atoms with E-state index in [-0.39, 0.29) is 5.78 Å². The standard InChI is InChI=1S/C25H23NO3/c1-4-26-22-8-6-5-7-20(22)21-16-17(9-12-23(21)26)24(27)13-10-18-15-19(28-2)11-14-25(18)29-3/h5-16H,4H2,1-3H3. The topological polar surface area (TPSA) is 40.5 Å². The van der Waals surface area contributed by atoms with Crippen LogP contribution in [0.5, 0.6) is 11.5 Å². The maximum absolute atomic E-state index is 12.9. The lowest BCUT2D eigenvalue weighted by atomic mass is 10.0. The highest BCUT2D eigenvalue weighted by molar-refractivity contribution is 6.13. The summed E-state index contributed by atoms with van der Waals surface area (Å²) in [6.07, 6.45) is 3.35. The number of hydrogen-bond acceptors (Lipinski definition) is 3. The van der Waals surface area contributed by atoms with Crippen LogP contribution in [0.25, 0.3) is 27.9 Å². The van der Waals surface area contributed by atoms with E-state index in [9.17, 15) is 4.79 Å². The van der Waals surface area contributed by atoms with Gasteiger partial charge in [-0.1, -0.05) is 18.2 Å². The maximum atomic E-state index is 12.9. The molecule has 4 nitrogen and oxygen atoms in total. The molecular formula is C25H23NO3. The molecule has 4 aromatic rings. The molecule has 0 bridgehead atoms. The van der Waals surface area contributed by atoms with Gasteiger partial charge in [0, 0.05) is 39.5 Å². The number of rotatable bonds is 6. The number of hydrogen-bond donors (Lipinski definition) is 0. The third kappa shape index (κ3) is 3.38. The number of allylic oxidation sites excluding steroid dienone is 1. The minimum Gasteiger partial charge on any atom is -0.497 e. The molecule has 0 amide bonds. The largest absolute Gasteiger partial charge is 0.497 e. The number of ketones is 1. The Morgan fingerprint density at radius 1 is 0.931 bits per heavy atom. The molecule has 0 spiro atoms. The number of benzene rings is 3. The van der Waals surface area contributed by atoms with Gasteiger partial charge in [0.25, 0.3) is 0 Å². The molecule has 0 unspecified atom stereocenters. The fraction of sp³-hybridized carbons (Fsp3) is 0.160. The predicted molar refractivity (Wildman–Crippen MR) is 118 cm³/mol. The summed E-state index contributed by atoms with van der Waals surface area (Å²) >= 11 is 0. The Morgan fingerprint density at radius 2 is 1.72 bits per heavy atom. The molecule has 1 aromatic heterocycles. The second kappa shape index (κ2) is 7.84. The number of para-hydroxylation sites is 1. The molecule has 0 saturated heterocycles. The van der Waals surface area contributed by atoms with Gasteiger partial charge >= 0.3 is 0 Å². The number of ether oxygens (including phenoxy) is 2. The van der Waals surface area contributed by atoms with Crippen LogP contribution in [0.3, 0.4) is 0 Å². The zero-order valence-electron chi connectivity index (χ0n) is 16.8. The third-order valence-electron chi connectivity index (χ3n) is 5.22. The van der Waals surface area contributed by atoms with Gasteiger partial charge < -0.3 is 14.0 Å². The van der Waals surface area contributed by atoms with Gasteiger partial charge in [-0.05, 0) is 61.5 Å². The van der Waals surface area contributed by atoms with Gasteiger partial charge in [0.15, 0.2) is 5.78 Å². The highest BCUT2D eigenvalue weighted by Crippen LogP contribution is 2.30. The molecule has 0 N–H and O–H groups in total. The minimum absolute atomic E-state index is 0.0508. The highest BCUT2D eigenvalue weighted by Gasteiger charge is 2.12. The normalized spacial score (nSPS) is 11.4. The molecule has 29 heavy (non-hydrogen) atoms. The van der Waals surface area contributed by atoms with Crippen LogP contribution in [-0.4, -0.2) is 24.6 Å². The molecule has 4 heteroatoms. The molecule has 0 saturated carbocycles. The van der Waals surface area contributed by atoms with Gasteiger partial charge in [0.05, 0.1) is 14.2 Å². The smallest absolute Gasteiger partial charge is 0.185 e. The van der Waals surface area contributed by atoms with Crippen LogP contribution < -0.4 is 9.47 Å². The summed E-state index contributed by atoms with van der Waals surface area (Å²) in [4.78, 5) is 12.9. The molecule has 1 heterocycles. The van der Waals surface area contributed by atoms with E-state index in [0.717, 1.165) is 28.4 Å². The fourth-order valence-electron chi connectivity index (χ4n) is 3.78. The van der Waals surface area contributed by atoms with E-state index >= 15 is 0 Å². The van der Waals surface area contributed by atoms with E-state index in [2.05, 4.69) is 23.6 Å². The van der Waals surface area contributed by atoms with Crippen LogP contribution >= 0.6 is 0 Å². The van der Waals surface area contributed by atoms with Crippen molar-refractivity contribution < 1.29 is 14.3 Å². The van der Waals surface area contributed by atoms with Crippen molar-refractivity contribution in [3.05, 3.63) is 77.9 Å². The van der Waals surface area contributed by atoms with Crippen molar-refractivity contribution in [2.45, 2.75) is 13.5 Å². The predicted octanol–water partition coefficient (Wildman–Crippen LogP) is 5.73. The molecule has 0 aliphatic carbocycles. The Kier molecular flexibility index (Phi) is 5.09. The quantitative estimate of drug-likeness (QED) is 0.314. The van der Waals surface area contributed by atoms with Crippen molar-refractivity contribution in [3.8, 4) is 11.5 Å². The van der Waals surface area contributed by atoms with Crippen molar-refractivity contribution in [2.24, 2.45) is 0 Å². The summed E-state index contributed by atoms with van der Waals surface area (Å²) in [6, 6.07) is 19.7. The van der Waals surface area contributed by atoms with E-state index in [4.69, 9.17) is 9.47 Å². The molecule has 0 fully saturated rings. The van der Waals surface area contributed by atoms with Crippen molar-refractivity contribution in [3.63, 3.8) is 0 Å². The van der Waals surface area contributed by atoms with E-state index < -0.39 is 0 Å². The van der Waals surface area contributed by atoms with Gasteiger partial charge in [-0.2, -0.15) is 0 Å². The van der Waals surface area contributed by atoms with E-state index in [0.29, 0.717) is 17.1 Å². The van der Waals surface area contributed by atoms with Crippen LogP contribution in [0.1, 0.15) is 22.8 Å². The Morgan fingerprint density at radius 3 is 2.48 bits per heavy atom. The van der Waals surface area contributed by atoms with Crippen LogP contribution in [-0.2, 0) is 6.54 Å². The SMILES string of the molecule is CCn1c2ccccc2c2cc(C(=O)C=Cc3cc(OC)ccc3OC)ccc21.